The smallest absolute Gasteiger partial charge is 0.224 e. The van der Waals surface area contributed by atoms with Gasteiger partial charge in [0.1, 0.15) is 11.5 Å². The Balaban J connectivity index is 2.83. The minimum Gasteiger partial charge on any atom is -0.494 e. The van der Waals surface area contributed by atoms with Gasteiger partial charge in [0.15, 0.2) is 0 Å². The van der Waals surface area contributed by atoms with E-state index in [4.69, 9.17) is 4.74 Å². The number of nitrogens with one attached hydrogen (secondary N) is 1. The van der Waals surface area contributed by atoms with Crippen molar-refractivity contribution in [3.63, 3.8) is 0 Å². The van der Waals surface area contributed by atoms with Crippen molar-refractivity contribution in [2.24, 2.45) is 0 Å². The van der Waals surface area contributed by atoms with Gasteiger partial charge in [0.25, 0.3) is 0 Å². The van der Waals surface area contributed by atoms with E-state index < -0.39 is 0 Å². The summed E-state index contributed by atoms with van der Waals surface area (Å²) in [6.45, 7) is 5.36. The number of hydrogen-bond donors (Lipinski definition) is 1. The molecule has 0 saturated carbocycles. The van der Waals surface area contributed by atoms with Gasteiger partial charge in [-0.05, 0) is 38.0 Å². The van der Waals surface area contributed by atoms with E-state index in [1.54, 1.807) is 7.11 Å². The van der Waals surface area contributed by atoms with Crippen LogP contribution >= 0.6 is 0 Å². The highest BCUT2D eigenvalue weighted by Gasteiger charge is 2.11. The summed E-state index contributed by atoms with van der Waals surface area (Å²) in [4.78, 5) is 22.5. The first-order chi connectivity index (χ1) is 8.43. The quantitative estimate of drug-likeness (QED) is 0.872. The summed E-state index contributed by atoms with van der Waals surface area (Å²) in [5, 5.41) is 2.78. The minimum absolute atomic E-state index is 0.0116. The number of ether oxygens (including phenoxy) is 1. The molecular formula is C14H19NO3. The third kappa shape index (κ3) is 3.87. The number of aryl methyl sites for hydroxylation is 2. The summed E-state index contributed by atoms with van der Waals surface area (Å²) in [6.07, 6.45) is 0.463. The molecule has 0 spiro atoms. The average molecular weight is 249 g/mol. The lowest BCUT2D eigenvalue weighted by molar-refractivity contribution is -0.121. The van der Waals surface area contributed by atoms with Crippen LogP contribution in [0.3, 0.4) is 0 Å². The van der Waals surface area contributed by atoms with Crippen molar-refractivity contribution in [3.8, 4) is 5.75 Å². The van der Waals surface area contributed by atoms with Gasteiger partial charge in [0.05, 0.1) is 12.8 Å². The third-order valence-electron chi connectivity index (χ3n) is 2.60. The molecule has 0 radical (unpaired) electrons. The fourth-order valence-corrected chi connectivity index (χ4v) is 1.82. The lowest BCUT2D eigenvalue weighted by Crippen LogP contribution is -2.13. The van der Waals surface area contributed by atoms with Crippen LogP contribution in [0.1, 0.15) is 30.9 Å². The molecule has 4 nitrogen and oxygen atoms in total. The van der Waals surface area contributed by atoms with Crippen molar-refractivity contribution in [1.29, 1.82) is 0 Å². The molecule has 0 aliphatic heterocycles. The molecule has 0 aromatic heterocycles. The number of carbonyl (C=O) groups excluding carboxylic acids is 2. The predicted octanol–water partition coefficient (Wildman–Crippen LogP) is 2.62. The Morgan fingerprint density at radius 3 is 2.44 bits per heavy atom. The van der Waals surface area contributed by atoms with Crippen molar-refractivity contribution >= 4 is 17.4 Å². The maximum atomic E-state index is 11.7. The van der Waals surface area contributed by atoms with Crippen LogP contribution in [0, 0.1) is 13.8 Å². The van der Waals surface area contributed by atoms with Crippen molar-refractivity contribution in [2.75, 3.05) is 12.4 Å². The Hall–Kier alpha value is -1.84. The molecule has 1 rings (SSSR count). The molecule has 0 aliphatic carbocycles. The molecule has 0 saturated heterocycles. The average Bonchev–Trinajstić information content (AvgIpc) is 2.26. The summed E-state index contributed by atoms with van der Waals surface area (Å²) < 4.78 is 5.28. The van der Waals surface area contributed by atoms with Crippen LogP contribution in [0.15, 0.2) is 12.1 Å². The van der Waals surface area contributed by atoms with E-state index in [2.05, 4.69) is 5.32 Å². The third-order valence-corrected chi connectivity index (χ3v) is 2.60. The molecule has 18 heavy (non-hydrogen) atoms. The molecule has 1 aromatic rings. The van der Waals surface area contributed by atoms with Gasteiger partial charge in [-0.2, -0.15) is 0 Å². The summed E-state index contributed by atoms with van der Waals surface area (Å²) in [6, 6.07) is 3.85. The van der Waals surface area contributed by atoms with Gasteiger partial charge in [-0.15, -0.1) is 0 Å². The topological polar surface area (TPSA) is 55.4 Å². The molecule has 0 bridgehead atoms. The minimum atomic E-state index is -0.173. The van der Waals surface area contributed by atoms with Crippen molar-refractivity contribution in [1.82, 2.24) is 0 Å². The summed E-state index contributed by atoms with van der Waals surface area (Å²) in [7, 11) is 1.57. The van der Waals surface area contributed by atoms with Gasteiger partial charge < -0.3 is 14.8 Å². The van der Waals surface area contributed by atoms with Crippen molar-refractivity contribution < 1.29 is 14.3 Å². The summed E-state index contributed by atoms with van der Waals surface area (Å²) in [5.41, 5.74) is 2.68. The molecule has 98 valence electrons. The van der Waals surface area contributed by atoms with E-state index in [-0.39, 0.29) is 24.5 Å². The van der Waals surface area contributed by atoms with Gasteiger partial charge in [0, 0.05) is 12.8 Å². The molecule has 1 amide bonds. The van der Waals surface area contributed by atoms with E-state index in [0.29, 0.717) is 11.4 Å². The predicted molar refractivity (Wildman–Crippen MR) is 71.0 cm³/mol. The van der Waals surface area contributed by atoms with Gasteiger partial charge >= 0.3 is 0 Å². The molecule has 4 heteroatoms. The highest BCUT2D eigenvalue weighted by atomic mass is 16.5. The number of Topliss-reactive ketones (excluding diaryl/α,β-unsaturated/α-hetero) is 1. The molecule has 1 aromatic carbocycles. The maximum Gasteiger partial charge on any atom is 0.224 e. The molecule has 0 aliphatic rings. The Kier molecular flexibility index (Phi) is 4.89. The highest BCUT2D eigenvalue weighted by molar-refractivity contribution is 5.94. The van der Waals surface area contributed by atoms with Crippen LogP contribution in [0.25, 0.3) is 0 Å². The van der Waals surface area contributed by atoms with Crippen molar-refractivity contribution in [3.05, 3.63) is 23.3 Å². The lowest BCUT2D eigenvalue weighted by Gasteiger charge is -2.13. The molecule has 1 N–H and O–H groups in total. The molecule has 0 atom stereocenters. The lowest BCUT2D eigenvalue weighted by atomic mass is 10.1. The zero-order chi connectivity index (χ0) is 13.7. The zero-order valence-corrected chi connectivity index (χ0v) is 11.3. The first-order valence-corrected chi connectivity index (χ1v) is 5.88. The van der Waals surface area contributed by atoms with Crippen LogP contribution in [-0.2, 0) is 9.59 Å². The Labute approximate surface area is 107 Å². The summed E-state index contributed by atoms with van der Waals surface area (Å²) >= 11 is 0. The van der Waals surface area contributed by atoms with E-state index in [1.807, 2.05) is 26.0 Å². The first-order valence-electron chi connectivity index (χ1n) is 5.88. The second-order valence-corrected chi connectivity index (χ2v) is 4.41. The summed E-state index contributed by atoms with van der Waals surface area (Å²) in [5.74, 6) is 0.503. The Morgan fingerprint density at radius 2 is 1.89 bits per heavy atom. The van der Waals surface area contributed by atoms with Gasteiger partial charge in [-0.25, -0.2) is 0 Å². The maximum absolute atomic E-state index is 11.7. The Morgan fingerprint density at radius 1 is 1.22 bits per heavy atom. The normalized spacial score (nSPS) is 10.0. The number of carbonyl (C=O) groups is 2. The number of rotatable bonds is 5. The molecule has 0 fully saturated rings. The fourth-order valence-electron chi connectivity index (χ4n) is 1.82. The van der Waals surface area contributed by atoms with Crippen LogP contribution in [-0.4, -0.2) is 18.8 Å². The van der Waals surface area contributed by atoms with Crippen LogP contribution in [0.4, 0.5) is 5.69 Å². The van der Waals surface area contributed by atoms with E-state index in [1.165, 1.54) is 6.92 Å². The van der Waals surface area contributed by atoms with Gasteiger partial charge in [-0.3, -0.25) is 4.79 Å². The number of hydrogen-bond acceptors (Lipinski definition) is 3. The molecular weight excluding hydrogens is 230 g/mol. The first kappa shape index (κ1) is 14.2. The molecule has 0 unspecified atom stereocenters. The molecule has 0 heterocycles. The number of methoxy groups -OCH3 is 1. The number of amides is 1. The van der Waals surface area contributed by atoms with Gasteiger partial charge in [-0.1, -0.05) is 6.07 Å². The second kappa shape index (κ2) is 6.19. The monoisotopic (exact) mass is 249 g/mol. The zero-order valence-electron chi connectivity index (χ0n) is 11.3. The Bertz CT molecular complexity index is 466. The van der Waals surface area contributed by atoms with E-state index >= 15 is 0 Å². The largest absolute Gasteiger partial charge is 0.494 e. The van der Waals surface area contributed by atoms with E-state index in [0.717, 1.165) is 11.1 Å². The number of ketones is 1. The van der Waals surface area contributed by atoms with Crippen molar-refractivity contribution in [2.45, 2.75) is 33.6 Å². The number of benzene rings is 1. The van der Waals surface area contributed by atoms with Crippen LogP contribution in [0.2, 0.25) is 0 Å². The second-order valence-electron chi connectivity index (χ2n) is 4.41. The standard InChI is InChI=1S/C14H19NO3/c1-9-7-10(2)14(18-4)12(8-9)15-13(17)6-5-11(3)16/h7-8H,5-6H2,1-4H3,(H,15,17). The fraction of sp³-hybridized carbons (Fsp3) is 0.429. The van der Waals surface area contributed by atoms with Crippen LogP contribution in [0.5, 0.6) is 5.75 Å². The highest BCUT2D eigenvalue weighted by Crippen LogP contribution is 2.29. The van der Waals surface area contributed by atoms with E-state index in [9.17, 15) is 9.59 Å². The van der Waals surface area contributed by atoms with Crippen LogP contribution < -0.4 is 10.1 Å². The van der Waals surface area contributed by atoms with Gasteiger partial charge in [0.2, 0.25) is 5.91 Å². The SMILES string of the molecule is COc1c(C)cc(C)cc1NC(=O)CCC(C)=O. The number of anilines is 1.